The average Bonchev–Trinajstić information content (AvgIpc) is 3.36. The fraction of sp³-hybridized carbons (Fsp3) is 0. The molecule has 5 rings (SSSR count). The predicted molar refractivity (Wildman–Crippen MR) is 104 cm³/mol. The molecule has 3 aromatic rings. The summed E-state index contributed by atoms with van der Waals surface area (Å²) >= 11 is 6.52. The number of nitrogens with one attached hydrogen (secondary N) is 2. The van der Waals surface area contributed by atoms with Gasteiger partial charge in [-0.25, -0.2) is 9.97 Å². The Bertz CT molecular complexity index is 1210. The summed E-state index contributed by atoms with van der Waals surface area (Å²) in [5, 5.41) is 0.600. The molecule has 0 spiro atoms. The Hall–Kier alpha value is -3.11. The van der Waals surface area contributed by atoms with Crippen LogP contribution in [-0.2, 0) is 0 Å². The summed E-state index contributed by atoms with van der Waals surface area (Å²) in [5.74, 6) is 0. The quantitative estimate of drug-likeness (QED) is 0.400. The van der Waals surface area contributed by atoms with E-state index < -0.39 is 0 Å². The SMILES string of the molecule is Clc1c2nc(cc3nc(cc4ccc(cc5ccc1[nH]5)[nH]4)C=C3)C=C2. The Morgan fingerprint density at radius 2 is 1.28 bits per heavy atom. The van der Waals surface area contributed by atoms with Gasteiger partial charge < -0.3 is 9.97 Å². The minimum absolute atomic E-state index is 0.600. The van der Waals surface area contributed by atoms with E-state index in [4.69, 9.17) is 11.6 Å². The van der Waals surface area contributed by atoms with Gasteiger partial charge in [0.15, 0.2) is 0 Å². The lowest BCUT2D eigenvalue weighted by Crippen LogP contribution is -1.79. The minimum atomic E-state index is 0.600. The molecule has 5 heteroatoms. The topological polar surface area (TPSA) is 57.4 Å². The molecular formula is C20H13ClN4. The van der Waals surface area contributed by atoms with Gasteiger partial charge in [-0.15, -0.1) is 0 Å². The monoisotopic (exact) mass is 344 g/mol. The van der Waals surface area contributed by atoms with Gasteiger partial charge in [0, 0.05) is 16.6 Å². The van der Waals surface area contributed by atoms with Crippen LogP contribution in [0.2, 0.25) is 5.02 Å². The number of hydrogen-bond donors (Lipinski definition) is 2. The van der Waals surface area contributed by atoms with E-state index in [0.29, 0.717) is 5.02 Å². The Kier molecular flexibility index (Phi) is 3.11. The maximum atomic E-state index is 6.52. The van der Waals surface area contributed by atoms with Crippen molar-refractivity contribution in [2.45, 2.75) is 0 Å². The van der Waals surface area contributed by atoms with Crippen molar-refractivity contribution in [3.8, 4) is 0 Å². The Morgan fingerprint density at radius 3 is 2.16 bits per heavy atom. The molecule has 0 unspecified atom stereocenters. The van der Waals surface area contributed by atoms with Gasteiger partial charge in [0.1, 0.15) is 0 Å². The molecule has 0 saturated heterocycles. The van der Waals surface area contributed by atoms with E-state index in [2.05, 4.69) is 19.9 Å². The molecule has 120 valence electrons. The number of hydrogen-bond acceptors (Lipinski definition) is 2. The van der Waals surface area contributed by atoms with E-state index in [1.165, 1.54) is 0 Å². The summed E-state index contributed by atoms with van der Waals surface area (Å²) in [6, 6.07) is 14.1. The average molecular weight is 345 g/mol. The highest BCUT2D eigenvalue weighted by molar-refractivity contribution is 6.35. The van der Waals surface area contributed by atoms with Gasteiger partial charge in [-0.3, -0.25) is 0 Å². The number of aromatic amines is 2. The minimum Gasteiger partial charge on any atom is -0.355 e. The normalized spacial score (nSPS) is 12.7. The molecule has 2 aliphatic heterocycles. The van der Waals surface area contributed by atoms with Crippen molar-refractivity contribution in [3.63, 3.8) is 0 Å². The molecule has 25 heavy (non-hydrogen) atoms. The predicted octanol–water partition coefficient (Wildman–Crippen LogP) is 5.31. The van der Waals surface area contributed by atoms with Crippen LogP contribution in [-0.4, -0.2) is 19.9 Å². The smallest absolute Gasteiger partial charge is 0.0897 e. The summed E-state index contributed by atoms with van der Waals surface area (Å²) in [5.41, 5.74) is 7.20. The van der Waals surface area contributed by atoms with Crippen LogP contribution in [0.25, 0.3) is 46.4 Å². The largest absolute Gasteiger partial charge is 0.355 e. The van der Waals surface area contributed by atoms with Crippen LogP contribution in [0.1, 0.15) is 22.8 Å². The van der Waals surface area contributed by atoms with Crippen LogP contribution in [0.15, 0.2) is 42.5 Å². The Balaban J connectivity index is 1.88. The van der Waals surface area contributed by atoms with E-state index in [1.807, 2.05) is 66.8 Å². The van der Waals surface area contributed by atoms with Gasteiger partial charge in [0.25, 0.3) is 0 Å². The summed E-state index contributed by atoms with van der Waals surface area (Å²) in [6.45, 7) is 0. The summed E-state index contributed by atoms with van der Waals surface area (Å²) in [4.78, 5) is 15.9. The van der Waals surface area contributed by atoms with Crippen molar-refractivity contribution in [1.82, 2.24) is 19.9 Å². The Labute approximate surface area is 148 Å². The van der Waals surface area contributed by atoms with Gasteiger partial charge in [-0.05, 0) is 66.8 Å². The first-order valence-corrected chi connectivity index (χ1v) is 8.34. The van der Waals surface area contributed by atoms with E-state index in [-0.39, 0.29) is 0 Å². The first-order chi connectivity index (χ1) is 12.2. The number of halogens is 1. The standard InChI is InChI=1S/C20H13ClN4/c21-20-18-7-5-16(24-18)10-14-3-1-12(22-14)9-13-2-4-15(23-13)11-17-6-8-19(20)25-17/h1-11,22,24H. The van der Waals surface area contributed by atoms with Gasteiger partial charge in [0.2, 0.25) is 0 Å². The lowest BCUT2D eigenvalue weighted by atomic mass is 10.3. The van der Waals surface area contributed by atoms with Crippen molar-refractivity contribution in [2.75, 3.05) is 0 Å². The maximum Gasteiger partial charge on any atom is 0.0897 e. The summed E-state index contributed by atoms with van der Waals surface area (Å²) < 4.78 is 0. The molecule has 0 atom stereocenters. The van der Waals surface area contributed by atoms with Crippen LogP contribution in [0.3, 0.4) is 0 Å². The van der Waals surface area contributed by atoms with Crippen LogP contribution < -0.4 is 0 Å². The summed E-state index contributed by atoms with van der Waals surface area (Å²) in [6.07, 6.45) is 7.84. The molecule has 0 aromatic carbocycles. The molecule has 0 aliphatic carbocycles. The van der Waals surface area contributed by atoms with Crippen LogP contribution in [0, 0.1) is 0 Å². The second-order valence-electron chi connectivity index (χ2n) is 5.99. The molecule has 0 radical (unpaired) electrons. The van der Waals surface area contributed by atoms with Crippen LogP contribution >= 0.6 is 11.6 Å². The molecule has 0 amide bonds. The first-order valence-electron chi connectivity index (χ1n) is 7.96. The number of fused-ring (bicyclic) bond motifs is 8. The zero-order valence-corrected chi connectivity index (χ0v) is 13.9. The lowest BCUT2D eigenvalue weighted by molar-refractivity contribution is 1.28. The van der Waals surface area contributed by atoms with Crippen molar-refractivity contribution >= 4 is 58.0 Å². The fourth-order valence-corrected chi connectivity index (χ4v) is 3.19. The van der Waals surface area contributed by atoms with E-state index in [1.54, 1.807) is 0 Å². The van der Waals surface area contributed by atoms with Gasteiger partial charge in [-0.2, -0.15) is 0 Å². The molecule has 4 nitrogen and oxygen atoms in total. The van der Waals surface area contributed by atoms with Crippen LogP contribution in [0.4, 0.5) is 0 Å². The molecule has 0 fully saturated rings. The van der Waals surface area contributed by atoms with Gasteiger partial charge in [-0.1, -0.05) is 11.6 Å². The third-order valence-corrected chi connectivity index (χ3v) is 4.55. The van der Waals surface area contributed by atoms with Gasteiger partial charge >= 0.3 is 0 Å². The number of aromatic nitrogens is 4. The van der Waals surface area contributed by atoms with Crippen LogP contribution in [0.5, 0.6) is 0 Å². The third kappa shape index (κ3) is 2.66. The van der Waals surface area contributed by atoms with E-state index in [9.17, 15) is 0 Å². The zero-order chi connectivity index (χ0) is 16.8. The number of nitrogens with zero attached hydrogens (tertiary/aromatic N) is 2. The second-order valence-corrected chi connectivity index (χ2v) is 6.37. The third-order valence-electron chi connectivity index (χ3n) is 4.16. The highest BCUT2D eigenvalue weighted by atomic mass is 35.5. The van der Waals surface area contributed by atoms with Crippen molar-refractivity contribution in [1.29, 1.82) is 0 Å². The first kappa shape index (κ1) is 14.3. The fourth-order valence-electron chi connectivity index (χ4n) is 2.97. The van der Waals surface area contributed by atoms with Gasteiger partial charge in [0.05, 0.1) is 33.3 Å². The maximum absolute atomic E-state index is 6.52. The molecule has 2 aliphatic rings. The second kappa shape index (κ2) is 5.46. The number of H-pyrrole nitrogens is 2. The zero-order valence-electron chi connectivity index (χ0n) is 13.1. The van der Waals surface area contributed by atoms with E-state index in [0.717, 1.165) is 44.8 Å². The molecule has 8 bridgehead atoms. The van der Waals surface area contributed by atoms with Crippen molar-refractivity contribution < 1.29 is 0 Å². The number of rotatable bonds is 0. The molecule has 5 heterocycles. The molecule has 2 N–H and O–H groups in total. The highest BCUT2D eigenvalue weighted by Crippen LogP contribution is 2.24. The Morgan fingerprint density at radius 1 is 0.640 bits per heavy atom. The highest BCUT2D eigenvalue weighted by Gasteiger charge is 2.06. The molecule has 3 aromatic heterocycles. The van der Waals surface area contributed by atoms with Crippen molar-refractivity contribution in [3.05, 3.63) is 70.3 Å². The lowest BCUT2D eigenvalue weighted by Gasteiger charge is -1.90. The molecule has 0 saturated carbocycles. The van der Waals surface area contributed by atoms with Crippen molar-refractivity contribution in [2.24, 2.45) is 0 Å². The van der Waals surface area contributed by atoms with E-state index >= 15 is 0 Å². The summed E-state index contributed by atoms with van der Waals surface area (Å²) in [7, 11) is 0. The molecular weight excluding hydrogens is 332 g/mol.